The van der Waals surface area contributed by atoms with E-state index in [2.05, 4.69) is 72.0 Å². The summed E-state index contributed by atoms with van der Waals surface area (Å²) in [4.78, 5) is 12.6. The summed E-state index contributed by atoms with van der Waals surface area (Å²) < 4.78 is 7.33. The van der Waals surface area contributed by atoms with Gasteiger partial charge in [0.15, 0.2) is 11.0 Å². The van der Waals surface area contributed by atoms with Gasteiger partial charge in [0.2, 0.25) is 5.91 Å². The molecule has 0 aliphatic heterocycles. The van der Waals surface area contributed by atoms with E-state index in [-0.39, 0.29) is 17.1 Å². The van der Waals surface area contributed by atoms with E-state index < -0.39 is 0 Å². The first-order valence-electron chi connectivity index (χ1n) is 11.4. The van der Waals surface area contributed by atoms with Crippen LogP contribution in [0.4, 0.5) is 5.69 Å². The number of aryl methyl sites for hydroxylation is 1. The molecule has 0 aliphatic rings. The Morgan fingerprint density at radius 3 is 2.48 bits per heavy atom. The number of anilines is 1. The Kier molecular flexibility index (Phi) is 8.69. The van der Waals surface area contributed by atoms with Crippen LogP contribution in [0, 0.1) is 0 Å². The molecule has 0 unspecified atom stereocenters. The Morgan fingerprint density at radius 1 is 1.09 bits per heavy atom. The van der Waals surface area contributed by atoms with Gasteiger partial charge in [0.25, 0.3) is 0 Å². The number of para-hydroxylation sites is 1. The Hall–Kier alpha value is -2.64. The molecule has 1 aromatic heterocycles. The third-order valence-corrected chi connectivity index (χ3v) is 6.43. The largest absolute Gasteiger partial charge is 0.385 e. The van der Waals surface area contributed by atoms with Crippen molar-refractivity contribution in [2.45, 2.75) is 57.7 Å². The highest BCUT2D eigenvalue weighted by atomic mass is 32.2. The van der Waals surface area contributed by atoms with Crippen LogP contribution in [0.2, 0.25) is 0 Å². The highest BCUT2D eigenvalue weighted by molar-refractivity contribution is 7.99. The van der Waals surface area contributed by atoms with Crippen LogP contribution in [0.1, 0.15) is 45.2 Å². The van der Waals surface area contributed by atoms with Crippen LogP contribution in [0.15, 0.2) is 53.7 Å². The molecule has 0 atom stereocenters. The smallest absolute Gasteiger partial charge is 0.234 e. The van der Waals surface area contributed by atoms with Crippen molar-refractivity contribution < 1.29 is 9.53 Å². The van der Waals surface area contributed by atoms with E-state index in [1.165, 1.54) is 17.3 Å². The van der Waals surface area contributed by atoms with Crippen molar-refractivity contribution in [1.82, 2.24) is 14.8 Å². The minimum absolute atomic E-state index is 0.0524. The van der Waals surface area contributed by atoms with Crippen LogP contribution in [0.5, 0.6) is 0 Å². The second-order valence-corrected chi connectivity index (χ2v) is 9.92. The summed E-state index contributed by atoms with van der Waals surface area (Å²) in [7, 11) is 1.70. The van der Waals surface area contributed by atoms with E-state index in [0.717, 1.165) is 47.2 Å². The molecule has 0 saturated carbocycles. The van der Waals surface area contributed by atoms with Crippen LogP contribution < -0.4 is 5.32 Å². The van der Waals surface area contributed by atoms with Crippen molar-refractivity contribution in [1.29, 1.82) is 0 Å². The number of amides is 1. The van der Waals surface area contributed by atoms with Crippen LogP contribution in [0.3, 0.4) is 0 Å². The van der Waals surface area contributed by atoms with Gasteiger partial charge >= 0.3 is 0 Å². The fourth-order valence-corrected chi connectivity index (χ4v) is 4.33. The molecule has 0 aliphatic carbocycles. The average molecular weight is 467 g/mol. The standard InChI is InChI=1S/C26H34N4O2S/c1-6-19-10-7-8-11-22(19)27-23(31)18-33-25-29-28-24(30(25)16-9-17-32-5)20-12-14-21(15-13-20)26(2,3)4/h7-8,10-15H,6,9,16-18H2,1-5H3,(H,27,31). The minimum Gasteiger partial charge on any atom is -0.385 e. The topological polar surface area (TPSA) is 69.0 Å². The third-order valence-electron chi connectivity index (χ3n) is 5.46. The zero-order valence-electron chi connectivity index (χ0n) is 20.2. The van der Waals surface area contributed by atoms with Gasteiger partial charge in [0, 0.05) is 31.5 Å². The number of thioether (sulfide) groups is 1. The molecule has 33 heavy (non-hydrogen) atoms. The number of ether oxygens (including phenoxy) is 1. The molecule has 0 fully saturated rings. The number of methoxy groups -OCH3 is 1. The molecule has 0 radical (unpaired) electrons. The number of nitrogens with zero attached hydrogens (tertiary/aromatic N) is 3. The van der Waals surface area contributed by atoms with Crippen LogP contribution >= 0.6 is 11.8 Å². The molecular weight excluding hydrogens is 432 g/mol. The molecule has 1 N–H and O–H groups in total. The lowest BCUT2D eigenvalue weighted by molar-refractivity contribution is -0.113. The quantitative estimate of drug-likeness (QED) is 0.312. The Morgan fingerprint density at radius 2 is 1.82 bits per heavy atom. The number of hydrogen-bond donors (Lipinski definition) is 1. The maximum Gasteiger partial charge on any atom is 0.234 e. The van der Waals surface area contributed by atoms with Crippen molar-refractivity contribution in [2.24, 2.45) is 0 Å². The molecule has 6 nitrogen and oxygen atoms in total. The maximum absolute atomic E-state index is 12.6. The van der Waals surface area contributed by atoms with Crippen molar-refractivity contribution in [3.8, 4) is 11.4 Å². The molecule has 0 bridgehead atoms. The molecule has 2 aromatic carbocycles. The van der Waals surface area contributed by atoms with Gasteiger partial charge in [-0.2, -0.15) is 0 Å². The van der Waals surface area contributed by atoms with E-state index in [1.54, 1.807) is 7.11 Å². The van der Waals surface area contributed by atoms with Crippen LogP contribution in [-0.2, 0) is 27.9 Å². The molecule has 0 saturated heterocycles. The van der Waals surface area contributed by atoms with E-state index >= 15 is 0 Å². The SMILES string of the molecule is CCc1ccccc1NC(=O)CSc1nnc(-c2ccc(C(C)(C)C)cc2)n1CCCOC. The highest BCUT2D eigenvalue weighted by Gasteiger charge is 2.18. The normalized spacial score (nSPS) is 11.5. The number of hydrogen-bond acceptors (Lipinski definition) is 5. The number of rotatable bonds is 10. The lowest BCUT2D eigenvalue weighted by Gasteiger charge is -2.19. The summed E-state index contributed by atoms with van der Waals surface area (Å²) in [6, 6.07) is 16.4. The second kappa shape index (κ2) is 11.5. The molecule has 176 valence electrons. The Labute approximate surface area is 201 Å². The van der Waals surface area contributed by atoms with Gasteiger partial charge in [-0.3, -0.25) is 4.79 Å². The Bertz CT molecular complexity index is 1050. The van der Waals surface area contributed by atoms with E-state index in [0.29, 0.717) is 6.61 Å². The van der Waals surface area contributed by atoms with Crippen molar-refractivity contribution in [3.05, 3.63) is 59.7 Å². The lowest BCUT2D eigenvalue weighted by Crippen LogP contribution is -2.16. The zero-order valence-corrected chi connectivity index (χ0v) is 21.0. The van der Waals surface area contributed by atoms with Crippen molar-refractivity contribution >= 4 is 23.4 Å². The summed E-state index contributed by atoms with van der Waals surface area (Å²) >= 11 is 1.41. The second-order valence-electron chi connectivity index (χ2n) is 8.98. The fourth-order valence-electron chi connectivity index (χ4n) is 3.56. The van der Waals surface area contributed by atoms with Gasteiger partial charge < -0.3 is 14.6 Å². The summed E-state index contributed by atoms with van der Waals surface area (Å²) in [5.41, 5.74) is 4.37. The molecule has 7 heteroatoms. The predicted molar refractivity (Wildman–Crippen MR) is 136 cm³/mol. The monoisotopic (exact) mass is 466 g/mol. The first-order valence-corrected chi connectivity index (χ1v) is 12.4. The highest BCUT2D eigenvalue weighted by Crippen LogP contribution is 2.28. The first-order chi connectivity index (χ1) is 15.8. The van der Waals surface area contributed by atoms with Gasteiger partial charge in [0.1, 0.15) is 0 Å². The van der Waals surface area contributed by atoms with Crippen molar-refractivity contribution in [3.63, 3.8) is 0 Å². The number of nitrogens with one attached hydrogen (secondary N) is 1. The molecule has 1 heterocycles. The fraction of sp³-hybridized carbons (Fsp3) is 0.423. The number of carbonyl (C=O) groups is 1. The molecule has 3 rings (SSSR count). The first kappa shape index (κ1) is 25.0. The van der Waals surface area contributed by atoms with Crippen molar-refractivity contribution in [2.75, 3.05) is 24.8 Å². The summed E-state index contributed by atoms with van der Waals surface area (Å²) in [6.07, 6.45) is 1.71. The minimum atomic E-state index is -0.0524. The predicted octanol–water partition coefficient (Wildman–Crippen LogP) is 5.57. The number of aromatic nitrogens is 3. The van der Waals surface area contributed by atoms with E-state index in [9.17, 15) is 4.79 Å². The zero-order chi connectivity index (χ0) is 23.8. The average Bonchev–Trinajstić information content (AvgIpc) is 3.20. The molecule has 3 aromatic rings. The van der Waals surface area contributed by atoms with Gasteiger partial charge in [-0.05, 0) is 35.4 Å². The van der Waals surface area contributed by atoms with E-state index in [4.69, 9.17) is 4.74 Å². The lowest BCUT2D eigenvalue weighted by atomic mass is 9.87. The molecule has 0 spiro atoms. The van der Waals surface area contributed by atoms with Gasteiger partial charge in [-0.15, -0.1) is 10.2 Å². The molecular formula is C26H34N4O2S. The van der Waals surface area contributed by atoms with Crippen LogP contribution in [-0.4, -0.2) is 40.1 Å². The molecule has 1 amide bonds. The maximum atomic E-state index is 12.6. The van der Waals surface area contributed by atoms with Gasteiger partial charge in [0.05, 0.1) is 5.75 Å². The third kappa shape index (κ3) is 6.68. The summed E-state index contributed by atoms with van der Waals surface area (Å²) in [6.45, 7) is 10.1. The van der Waals surface area contributed by atoms with E-state index in [1.807, 2.05) is 24.3 Å². The van der Waals surface area contributed by atoms with Crippen LogP contribution in [0.25, 0.3) is 11.4 Å². The number of benzene rings is 2. The van der Waals surface area contributed by atoms with Gasteiger partial charge in [-0.25, -0.2) is 0 Å². The summed E-state index contributed by atoms with van der Waals surface area (Å²) in [5.74, 6) is 1.03. The number of carbonyl (C=O) groups excluding carboxylic acids is 1. The Balaban J connectivity index is 1.76. The summed E-state index contributed by atoms with van der Waals surface area (Å²) in [5, 5.41) is 12.6. The van der Waals surface area contributed by atoms with Gasteiger partial charge in [-0.1, -0.05) is 81.9 Å².